The smallest absolute Gasteiger partial charge is 0.306 e. The number of phosphoric acid groups is 1. The Morgan fingerprint density at radius 1 is 0.588 bits per heavy atom. The van der Waals surface area contributed by atoms with Crippen LogP contribution in [-0.2, 0) is 27.9 Å². The lowest BCUT2D eigenvalue weighted by Gasteiger charge is -2.28. The number of carbonyl (C=O) groups is 1. The van der Waals surface area contributed by atoms with Gasteiger partial charge in [0.05, 0.1) is 34.4 Å². The van der Waals surface area contributed by atoms with Gasteiger partial charge in [0.1, 0.15) is 19.3 Å². The first-order valence-corrected chi connectivity index (χ1v) is 22.9. The van der Waals surface area contributed by atoms with Gasteiger partial charge in [-0.25, -0.2) is 0 Å². The molecular weight excluding hydrogens is 661 g/mol. The maximum atomic E-state index is 12.6. The molecule has 0 saturated carbocycles. The van der Waals surface area contributed by atoms with Crippen LogP contribution < -0.4 is 4.89 Å². The van der Waals surface area contributed by atoms with Crippen LogP contribution in [0.2, 0.25) is 0 Å². The Kier molecular flexibility index (Phi) is 35.7. The zero-order chi connectivity index (χ0) is 37.7. The molecule has 0 N–H and O–H groups in total. The maximum absolute atomic E-state index is 12.6. The van der Waals surface area contributed by atoms with E-state index in [1.165, 1.54) is 128 Å². The summed E-state index contributed by atoms with van der Waals surface area (Å²) in [6, 6.07) is 0. The van der Waals surface area contributed by atoms with Gasteiger partial charge >= 0.3 is 5.97 Å². The van der Waals surface area contributed by atoms with E-state index in [9.17, 15) is 14.3 Å². The van der Waals surface area contributed by atoms with Gasteiger partial charge in [0.15, 0.2) is 0 Å². The number of esters is 1. The summed E-state index contributed by atoms with van der Waals surface area (Å²) in [5.74, 6) is -0.340. The molecule has 0 aromatic carbocycles. The Balaban J connectivity index is 4.22. The molecule has 2 atom stereocenters. The van der Waals surface area contributed by atoms with Crippen LogP contribution >= 0.6 is 7.82 Å². The Morgan fingerprint density at radius 2 is 1.02 bits per heavy atom. The van der Waals surface area contributed by atoms with E-state index in [-0.39, 0.29) is 25.8 Å². The van der Waals surface area contributed by atoms with Crippen molar-refractivity contribution in [1.29, 1.82) is 0 Å². The molecule has 304 valence electrons. The highest BCUT2D eigenvalue weighted by Gasteiger charge is 2.20. The van der Waals surface area contributed by atoms with Crippen molar-refractivity contribution in [2.45, 2.75) is 200 Å². The molecule has 0 rings (SSSR count). The quantitative estimate of drug-likeness (QED) is 0.0203. The standard InChI is InChI=1S/C42H84NO7P/c1-6-8-10-12-14-16-18-20-21-22-24-26-28-30-32-34-37-47-39-41(40-49-51(45,46)48-38-36-43(3,4)5)50-42(44)35-33-31-29-27-25-23-19-17-15-13-11-9-7-2/h17,19,41H,6-16,18,20-40H2,1-5H3/b19-17-/t41-/m1/s1. The number of rotatable bonds is 40. The van der Waals surface area contributed by atoms with Gasteiger partial charge in [-0.3, -0.25) is 9.36 Å². The third kappa shape index (κ3) is 40.3. The van der Waals surface area contributed by atoms with Gasteiger partial charge in [-0.15, -0.1) is 0 Å². The van der Waals surface area contributed by atoms with Crippen molar-refractivity contribution in [2.24, 2.45) is 0 Å². The van der Waals surface area contributed by atoms with Crippen LogP contribution in [0, 0.1) is 0 Å². The molecule has 0 spiro atoms. The minimum atomic E-state index is -4.52. The fourth-order valence-electron chi connectivity index (χ4n) is 5.95. The number of quaternary nitrogens is 1. The van der Waals surface area contributed by atoms with Crippen LogP contribution in [0.25, 0.3) is 0 Å². The first kappa shape index (κ1) is 50.2. The van der Waals surface area contributed by atoms with Crippen LogP contribution in [-0.4, -0.2) is 70.7 Å². The molecule has 0 aromatic heterocycles. The van der Waals surface area contributed by atoms with E-state index < -0.39 is 13.9 Å². The fourth-order valence-corrected chi connectivity index (χ4v) is 6.68. The highest BCUT2D eigenvalue weighted by atomic mass is 31.2. The van der Waals surface area contributed by atoms with Gasteiger partial charge < -0.3 is 27.9 Å². The van der Waals surface area contributed by atoms with Crippen molar-refractivity contribution in [2.75, 3.05) is 54.1 Å². The molecule has 1 unspecified atom stereocenters. The second kappa shape index (κ2) is 36.2. The van der Waals surface area contributed by atoms with Crippen molar-refractivity contribution in [3.05, 3.63) is 12.2 Å². The van der Waals surface area contributed by atoms with E-state index in [1.54, 1.807) is 0 Å². The van der Waals surface area contributed by atoms with Gasteiger partial charge in [-0.05, 0) is 38.5 Å². The molecule has 0 fully saturated rings. The molecule has 51 heavy (non-hydrogen) atoms. The molecule has 0 aromatic rings. The first-order valence-electron chi connectivity index (χ1n) is 21.4. The number of hydrogen-bond donors (Lipinski definition) is 0. The number of nitrogens with zero attached hydrogens (tertiary/aromatic N) is 1. The predicted octanol–water partition coefficient (Wildman–Crippen LogP) is 11.6. The van der Waals surface area contributed by atoms with Crippen LogP contribution in [0.15, 0.2) is 12.2 Å². The van der Waals surface area contributed by atoms with Crippen LogP contribution in [0.3, 0.4) is 0 Å². The zero-order valence-electron chi connectivity index (χ0n) is 34.3. The second-order valence-electron chi connectivity index (χ2n) is 15.7. The molecule has 0 aliphatic rings. The second-order valence-corrected chi connectivity index (χ2v) is 17.1. The van der Waals surface area contributed by atoms with E-state index in [0.29, 0.717) is 24.1 Å². The third-order valence-corrected chi connectivity index (χ3v) is 10.3. The van der Waals surface area contributed by atoms with E-state index in [1.807, 2.05) is 21.1 Å². The van der Waals surface area contributed by atoms with E-state index in [2.05, 4.69) is 26.0 Å². The Labute approximate surface area is 316 Å². The number of carbonyl (C=O) groups excluding carboxylic acids is 1. The van der Waals surface area contributed by atoms with Gasteiger partial charge in [0.25, 0.3) is 7.82 Å². The minimum Gasteiger partial charge on any atom is -0.756 e. The summed E-state index contributed by atoms with van der Waals surface area (Å²) in [6.07, 6.45) is 37.9. The molecule has 0 radical (unpaired) electrons. The molecule has 0 amide bonds. The maximum Gasteiger partial charge on any atom is 0.306 e. The molecule has 0 saturated heterocycles. The summed E-state index contributed by atoms with van der Waals surface area (Å²) in [4.78, 5) is 25.0. The normalized spacial score (nSPS) is 13.9. The highest BCUT2D eigenvalue weighted by molar-refractivity contribution is 7.45. The molecule has 0 heterocycles. The summed E-state index contributed by atoms with van der Waals surface area (Å²) in [5, 5.41) is 0. The molecule has 0 bridgehead atoms. The van der Waals surface area contributed by atoms with Gasteiger partial charge in [-0.2, -0.15) is 0 Å². The van der Waals surface area contributed by atoms with E-state index >= 15 is 0 Å². The molecule has 8 nitrogen and oxygen atoms in total. The topological polar surface area (TPSA) is 94.1 Å². The van der Waals surface area contributed by atoms with Gasteiger partial charge in [0.2, 0.25) is 0 Å². The van der Waals surface area contributed by atoms with Crippen molar-refractivity contribution >= 4 is 13.8 Å². The minimum absolute atomic E-state index is 0.0276. The van der Waals surface area contributed by atoms with Gasteiger partial charge in [-0.1, -0.05) is 161 Å². The van der Waals surface area contributed by atoms with E-state index in [4.69, 9.17) is 18.5 Å². The fraction of sp³-hybridized carbons (Fsp3) is 0.929. The van der Waals surface area contributed by atoms with Crippen LogP contribution in [0.5, 0.6) is 0 Å². The van der Waals surface area contributed by atoms with Crippen LogP contribution in [0.4, 0.5) is 0 Å². The monoisotopic (exact) mass is 746 g/mol. The largest absolute Gasteiger partial charge is 0.756 e. The summed E-state index contributed by atoms with van der Waals surface area (Å²) in [6.45, 7) is 5.42. The Morgan fingerprint density at radius 3 is 1.51 bits per heavy atom. The summed E-state index contributed by atoms with van der Waals surface area (Å²) < 4.78 is 34.5. The predicted molar refractivity (Wildman–Crippen MR) is 213 cm³/mol. The Bertz CT molecular complexity index is 833. The molecule has 9 heteroatoms. The van der Waals surface area contributed by atoms with Crippen molar-refractivity contribution in [1.82, 2.24) is 0 Å². The number of allylic oxidation sites excluding steroid dienone is 2. The number of likely N-dealkylation sites (N-methyl/N-ethyl adjacent to an activating group) is 1. The average molecular weight is 746 g/mol. The molecule has 0 aliphatic carbocycles. The first-order chi connectivity index (χ1) is 24.6. The summed E-state index contributed by atoms with van der Waals surface area (Å²) in [5.41, 5.74) is 0. The zero-order valence-corrected chi connectivity index (χ0v) is 35.2. The van der Waals surface area contributed by atoms with E-state index in [0.717, 1.165) is 44.9 Å². The van der Waals surface area contributed by atoms with Crippen molar-refractivity contribution < 1.29 is 37.3 Å². The number of hydrogen-bond acceptors (Lipinski definition) is 7. The van der Waals surface area contributed by atoms with Crippen LogP contribution in [0.1, 0.15) is 194 Å². The third-order valence-electron chi connectivity index (χ3n) is 9.32. The van der Waals surface area contributed by atoms with Gasteiger partial charge in [0, 0.05) is 13.0 Å². The number of unbranched alkanes of at least 4 members (excludes halogenated alkanes) is 24. The lowest BCUT2D eigenvalue weighted by Crippen LogP contribution is -2.37. The lowest BCUT2D eigenvalue weighted by molar-refractivity contribution is -0.870. The lowest BCUT2D eigenvalue weighted by atomic mass is 10.0. The number of phosphoric ester groups is 1. The number of ether oxygens (including phenoxy) is 2. The average Bonchev–Trinajstić information content (AvgIpc) is 3.08. The van der Waals surface area contributed by atoms with Crippen molar-refractivity contribution in [3.63, 3.8) is 0 Å². The summed E-state index contributed by atoms with van der Waals surface area (Å²) in [7, 11) is 1.36. The SMILES string of the molecule is CCCCCC/C=C\CCCCCCCC(=O)O[C@H](COCCCCCCCCCCCCCCCCCC)COP(=O)([O-])OCC[N+](C)(C)C. The molecule has 0 aliphatic heterocycles. The molecular formula is C42H84NO7P. The Hall–Kier alpha value is -0.760. The highest BCUT2D eigenvalue weighted by Crippen LogP contribution is 2.38. The van der Waals surface area contributed by atoms with Crippen molar-refractivity contribution in [3.8, 4) is 0 Å². The summed E-state index contributed by atoms with van der Waals surface area (Å²) >= 11 is 0.